The summed E-state index contributed by atoms with van der Waals surface area (Å²) in [6, 6.07) is 5.11. The number of likely N-dealkylation sites (N-methyl/N-ethyl adjacent to an activating group) is 2. The predicted octanol–water partition coefficient (Wildman–Crippen LogP) is -5.98. The molecule has 21 heteroatoms. The number of hydrogen-bond donors (Lipinski definition) is 2. The van der Waals surface area contributed by atoms with Crippen molar-refractivity contribution >= 4 is 75.0 Å². The molecule has 19 atom stereocenters. The van der Waals surface area contributed by atoms with Crippen molar-refractivity contribution in [3.05, 3.63) is 114 Å². The maximum absolute atomic E-state index is 11.8. The Bertz CT molecular complexity index is 3230. The van der Waals surface area contributed by atoms with Gasteiger partial charge in [0, 0.05) is 104 Å². The van der Waals surface area contributed by atoms with Crippen molar-refractivity contribution in [2.75, 3.05) is 46.8 Å². The van der Waals surface area contributed by atoms with Crippen molar-refractivity contribution in [3.8, 4) is 0 Å². The Labute approximate surface area is 591 Å². The number of ether oxygens (including phenoxy) is 5. The van der Waals surface area contributed by atoms with Crippen LogP contribution in [-0.4, -0.2) is 179 Å². The monoisotopic (exact) mass is 1690 g/mol. The van der Waals surface area contributed by atoms with Crippen LogP contribution < -0.4 is 82.6 Å². The zero-order valence-corrected chi connectivity index (χ0v) is 60.3. The minimum absolute atomic E-state index is 0. The van der Waals surface area contributed by atoms with Gasteiger partial charge < -0.3 is 115 Å². The lowest BCUT2D eigenvalue weighted by molar-refractivity contribution is -0.944. The Hall–Kier alpha value is -1.95. The van der Waals surface area contributed by atoms with Gasteiger partial charge in [-0.2, -0.15) is 0 Å². The van der Waals surface area contributed by atoms with E-state index in [1.54, 1.807) is 40.2 Å². The zero-order valence-electron chi connectivity index (χ0n) is 50.1. The second-order valence-electron chi connectivity index (χ2n) is 28.7. The van der Waals surface area contributed by atoms with Crippen LogP contribution in [0.4, 0.5) is 0 Å². The summed E-state index contributed by atoms with van der Waals surface area (Å²) in [7, 11) is 4.71. The number of piperidine rings is 5. The zero-order chi connectivity index (χ0) is 57.3. The lowest BCUT2D eigenvalue weighted by atomic mass is 9.80. The first-order chi connectivity index (χ1) is 40.5. The largest absolute Gasteiger partial charge is 1.00 e. The number of quaternary nitrogens is 4. The van der Waals surface area contributed by atoms with Crippen LogP contribution in [0.1, 0.15) is 128 Å². The predicted molar refractivity (Wildman–Crippen MR) is 327 cm³/mol. The smallest absolute Gasteiger partial charge is 0.332 e. The summed E-state index contributed by atoms with van der Waals surface area (Å²) in [6.45, 7) is 6.09. The molecule has 88 heavy (non-hydrogen) atoms. The minimum Gasteiger partial charge on any atom is -1.00 e. The van der Waals surface area contributed by atoms with Gasteiger partial charge in [-0.15, -0.1) is 0 Å². The van der Waals surface area contributed by atoms with Crippen LogP contribution in [0, 0.1) is 0 Å². The van der Waals surface area contributed by atoms with Crippen LogP contribution >= 0.6 is 45.2 Å². The van der Waals surface area contributed by atoms with E-state index in [2.05, 4.69) is 113 Å². The van der Waals surface area contributed by atoms with Crippen LogP contribution in [0.25, 0.3) is 0 Å². The van der Waals surface area contributed by atoms with Gasteiger partial charge in [0.15, 0.2) is 28.0 Å². The third-order valence-electron chi connectivity index (χ3n) is 25.1. The number of hydrogen-bond acceptors (Lipinski definition) is 11. The molecule has 15 aliphatic heterocycles. The molecule has 0 aromatic carbocycles. The number of fused-ring (bicyclic) bond motifs is 15. The molecule has 0 amide bonds. The van der Waals surface area contributed by atoms with Crippen molar-refractivity contribution in [2.45, 2.75) is 217 Å². The number of carbonyl (C=O) groups excluding carboxylic acids is 5. The number of halogens is 6. The molecule has 20 rings (SSSR count). The summed E-state index contributed by atoms with van der Waals surface area (Å²) in [5, 5.41) is 0. The van der Waals surface area contributed by atoms with E-state index in [-0.39, 0.29) is 131 Å². The molecule has 10 saturated heterocycles. The van der Waals surface area contributed by atoms with Gasteiger partial charge >= 0.3 is 29.8 Å². The quantitative estimate of drug-likeness (QED) is 0.104. The lowest BCUT2D eigenvalue weighted by Gasteiger charge is -2.44. The number of nitrogens with one attached hydrogen (secondary N) is 2. The van der Waals surface area contributed by atoms with Crippen LogP contribution in [0.3, 0.4) is 0 Å². The number of esters is 5. The van der Waals surface area contributed by atoms with Crippen molar-refractivity contribution in [1.29, 1.82) is 0 Å². The van der Waals surface area contributed by atoms with Gasteiger partial charge in [0.05, 0.1) is 72.0 Å². The van der Waals surface area contributed by atoms with E-state index in [0.29, 0.717) is 60.4 Å². The molecule has 20 aliphatic rings. The molecule has 5 aliphatic carbocycles. The van der Waals surface area contributed by atoms with E-state index in [1.807, 2.05) is 0 Å². The first kappa shape index (κ1) is 66.1. The fourth-order valence-electron chi connectivity index (χ4n) is 21.6. The Kier molecular flexibility index (Phi) is 18.1. The van der Waals surface area contributed by atoms with Gasteiger partial charge in [0.2, 0.25) is 0 Å². The number of carbonyl (C=O) groups is 5. The number of rotatable bonds is 0. The average molecular weight is 1690 g/mol. The van der Waals surface area contributed by atoms with Crippen molar-refractivity contribution in [1.82, 2.24) is 4.90 Å². The Morgan fingerprint density at radius 1 is 0.477 bits per heavy atom. The summed E-state index contributed by atoms with van der Waals surface area (Å²) >= 11 is 4.75. The lowest BCUT2D eigenvalue weighted by Crippen LogP contribution is -3.18. The Morgan fingerprint density at radius 2 is 0.955 bits per heavy atom. The van der Waals surface area contributed by atoms with E-state index < -0.39 is 0 Å². The summed E-state index contributed by atoms with van der Waals surface area (Å²) in [6.07, 6.45) is 50.4. The Morgan fingerprint density at radius 3 is 1.65 bits per heavy atom. The molecule has 476 valence electrons. The summed E-state index contributed by atoms with van der Waals surface area (Å²) in [4.78, 5) is 64.0. The summed E-state index contributed by atoms with van der Waals surface area (Å²) in [5.41, 5.74) is 4.37. The summed E-state index contributed by atoms with van der Waals surface area (Å²) < 4.78 is 33.5. The van der Waals surface area contributed by atoms with Gasteiger partial charge in [-0.05, 0) is 140 Å². The normalized spacial score (nSPS) is 45.9. The van der Waals surface area contributed by atoms with E-state index >= 15 is 0 Å². The van der Waals surface area contributed by atoms with E-state index in [9.17, 15) is 24.0 Å². The standard InChI is InChI=1S/C14H17INO2.C14H18NO2.C13H14INO2.2C13H15NO2.2ClH.2HI/c1-16-5-3-2-4-12(16)14-8-9(16)6-11(15)10(14)7-13(17)18-14;1-15-7-3-2-4-12(15)14-9-11(15)6-5-10(14)8-13(16)17-14;14-10-5-8-7-13(9(10)6-12(16)17-13)11-3-1-2-4-15(8)11;2*15-12-7-9-4-5-10-8-13(9,16-12)11-3-1-2-6-14(10)11;;;;/h6-7,9,12H,2-5,8H2,1H3;5-6,8,11-12H,2-4,7,9H2,1H3;5-6,8,11H,1-4,7H2;2*4-5,7,10-11H,1-3,6,8H2;4*1H/q2*+1;;;;;;;/p-2/t9-,12-,14+,16?;11-,12-,14+,15?;8-,11-,13+;2*10-,11-,13+;;;;/m11111..../s1. The molecule has 0 aromatic heterocycles. The molecule has 10 bridgehead atoms. The second kappa shape index (κ2) is 24.1. The highest BCUT2D eigenvalue weighted by Gasteiger charge is 2.71. The first-order valence-electron chi connectivity index (χ1n) is 32.2. The maximum Gasteiger partial charge on any atom is 0.332 e. The van der Waals surface area contributed by atoms with Crippen LogP contribution in [0.15, 0.2) is 114 Å². The van der Waals surface area contributed by atoms with Gasteiger partial charge in [-0.1, -0.05) is 30.7 Å². The first-order valence-corrected chi connectivity index (χ1v) is 34.4. The van der Waals surface area contributed by atoms with Crippen LogP contribution in [0.2, 0.25) is 0 Å². The topological polar surface area (TPSA) is 144 Å². The molecule has 15 nitrogen and oxygen atoms in total. The third kappa shape index (κ3) is 9.73. The average Bonchev–Trinajstić information content (AvgIpc) is 1.57. The van der Waals surface area contributed by atoms with Crippen molar-refractivity contribution < 1.29 is 139 Å². The Balaban J connectivity index is 0.000000106. The van der Waals surface area contributed by atoms with E-state index in [1.165, 1.54) is 135 Å². The molecule has 0 radical (unpaired) electrons. The van der Waals surface area contributed by atoms with Gasteiger partial charge in [0.25, 0.3) is 0 Å². The molecule has 0 aromatic rings. The highest BCUT2D eigenvalue weighted by molar-refractivity contribution is 14.1. The minimum atomic E-state index is -0.289. The maximum atomic E-state index is 11.8. The molecule has 0 saturated carbocycles. The molecule has 15 heterocycles. The van der Waals surface area contributed by atoms with Crippen molar-refractivity contribution in [3.63, 3.8) is 0 Å². The fraction of sp³-hybridized carbons (Fsp3) is 0.627. The van der Waals surface area contributed by atoms with Crippen LogP contribution in [0.5, 0.6) is 0 Å². The van der Waals surface area contributed by atoms with E-state index in [4.69, 9.17) is 23.7 Å². The molecule has 10 fully saturated rings. The van der Waals surface area contributed by atoms with E-state index in [0.717, 1.165) is 69.9 Å². The number of nitrogens with zero attached hydrogens (tertiary/aromatic N) is 3. The van der Waals surface area contributed by atoms with Crippen LogP contribution in [-0.2, 0) is 47.7 Å². The molecule has 5 spiro atoms. The van der Waals surface area contributed by atoms with Gasteiger partial charge in [-0.25, -0.2) is 24.0 Å². The second-order valence-corrected chi connectivity index (χ2v) is 31.0. The fourth-order valence-corrected chi connectivity index (χ4v) is 23.7. The molecular formula is C67H81Cl2I4N5O10. The highest BCUT2D eigenvalue weighted by atomic mass is 127. The molecule has 2 N–H and O–H groups in total. The van der Waals surface area contributed by atoms with Gasteiger partial charge in [0.1, 0.15) is 48.3 Å². The van der Waals surface area contributed by atoms with Gasteiger partial charge in [-0.3, -0.25) is 4.90 Å². The molecular weight excluding hydrogens is 1610 g/mol. The highest BCUT2D eigenvalue weighted by Crippen LogP contribution is 2.59. The third-order valence-corrected chi connectivity index (χ3v) is 27.0. The SMILES string of the molecule is C[N+]12CCCC[C@@H]1[C@]13C[C@H]2C=C(I)C1=CC(=O)O3.C[N+]12CCCC[C@@H]1[C@]13C[C@H]2C=CC1=CC(=O)O3.O=C1C=C2C(I)=C[C@@H]3C[C@@]2(O1)[C@H]1CCCC[NH+]31.O=C1C=C2C=C[C@@H]3C[C@@]2(O1)[C@H]1CCCCN31.O=C1C=C2C=C[C@@H]3C[C@@]2(O1)[C@H]1CCCC[NH+]31.[Cl-].[Cl-].[I-].[I-]. The molecule has 4 unspecified atom stereocenters. The summed E-state index contributed by atoms with van der Waals surface area (Å²) in [5.74, 6) is -0.675. The van der Waals surface area contributed by atoms with Crippen molar-refractivity contribution in [2.24, 2.45) is 0 Å².